The molecule has 2 aromatic rings. The van der Waals surface area contributed by atoms with Crippen LogP contribution in [0.4, 0.5) is 5.69 Å². The average Bonchev–Trinajstić information content (AvgIpc) is 3.02. The molecule has 0 N–H and O–H groups in total. The van der Waals surface area contributed by atoms with Crippen LogP contribution in [0.2, 0.25) is 0 Å². The van der Waals surface area contributed by atoms with E-state index in [0.717, 1.165) is 79.7 Å². The quantitative estimate of drug-likeness (QED) is 0.208. The molecule has 2 atom stereocenters. The summed E-state index contributed by atoms with van der Waals surface area (Å²) < 4.78 is 16.4. The molecular weight excluding hydrogens is 566 g/mol. The third kappa shape index (κ3) is 7.44. The van der Waals surface area contributed by atoms with Gasteiger partial charge in [0.2, 0.25) is 5.91 Å². The number of likely N-dealkylation sites (tertiary alicyclic amines) is 3. The van der Waals surface area contributed by atoms with Crippen molar-refractivity contribution in [2.24, 2.45) is 10.3 Å². The van der Waals surface area contributed by atoms with Crippen LogP contribution in [-0.4, -0.2) is 90.9 Å². The Morgan fingerprint density at radius 2 is 1.53 bits per heavy atom. The molecule has 3 fully saturated rings. The van der Waals surface area contributed by atoms with Crippen molar-refractivity contribution in [2.45, 2.75) is 69.4 Å². The molecule has 0 aliphatic carbocycles. The van der Waals surface area contributed by atoms with Crippen molar-refractivity contribution < 1.29 is 19.2 Å². The first kappa shape index (κ1) is 32.6. The highest BCUT2D eigenvalue weighted by molar-refractivity contribution is 7.98. The van der Waals surface area contributed by atoms with Crippen molar-refractivity contribution >= 4 is 29.4 Å². The second kappa shape index (κ2) is 14.9. The van der Waals surface area contributed by atoms with Crippen LogP contribution in [-0.2, 0) is 4.79 Å². The van der Waals surface area contributed by atoms with Gasteiger partial charge in [0.15, 0.2) is 0 Å². The molecule has 2 unspecified atom stereocenters. The lowest BCUT2D eigenvalue weighted by Gasteiger charge is -2.59. The van der Waals surface area contributed by atoms with E-state index in [1.165, 1.54) is 24.1 Å². The molecule has 0 saturated carbocycles. The number of piperidine rings is 2. The van der Waals surface area contributed by atoms with E-state index in [-0.39, 0.29) is 28.5 Å². The minimum Gasteiger partial charge on any atom is -0.497 e. The van der Waals surface area contributed by atoms with Gasteiger partial charge in [-0.05, 0) is 81.6 Å². The number of non-ortho nitro benzene ring substituents is 1. The molecule has 11 heteroatoms. The number of carbonyl (C=O) groups is 1. The predicted octanol–water partition coefficient (Wildman–Crippen LogP) is 5.86. The van der Waals surface area contributed by atoms with E-state index in [2.05, 4.69) is 29.0 Å². The van der Waals surface area contributed by atoms with Crippen molar-refractivity contribution in [1.82, 2.24) is 14.7 Å². The Balaban J connectivity index is 0.00000207. The highest BCUT2D eigenvalue weighted by Gasteiger charge is 2.53. The zero-order chi connectivity index (χ0) is 31.1. The maximum absolute atomic E-state index is 12.1. The number of hydrogen-bond acceptors (Lipinski definition) is 8. The minimum atomic E-state index is -0.387. The molecule has 43 heavy (non-hydrogen) atoms. The lowest BCUT2D eigenvalue weighted by Crippen LogP contribution is -2.67. The van der Waals surface area contributed by atoms with E-state index in [9.17, 15) is 14.9 Å². The van der Waals surface area contributed by atoms with E-state index < -0.39 is 0 Å². The molecule has 3 aliphatic rings. The van der Waals surface area contributed by atoms with Crippen LogP contribution >= 0.6 is 11.9 Å². The fourth-order valence-corrected chi connectivity index (χ4v) is 7.16. The molecular formula is C32H45N5O5S. The van der Waals surface area contributed by atoms with Gasteiger partial charge in [-0.15, -0.1) is 0 Å². The molecule has 234 valence electrons. The number of nitro benzene ring substituents is 1. The Bertz CT molecular complexity index is 1250. The molecule has 2 aromatic carbocycles. The van der Waals surface area contributed by atoms with E-state index in [1.54, 1.807) is 33.3 Å². The summed E-state index contributed by atoms with van der Waals surface area (Å²) in [5, 5.41) is 11.1. The minimum absolute atomic E-state index is 0.0399. The van der Waals surface area contributed by atoms with E-state index in [0.29, 0.717) is 12.0 Å². The summed E-state index contributed by atoms with van der Waals surface area (Å²) in [4.78, 5) is 30.6. The normalized spacial score (nSPS) is 22.4. The monoisotopic (exact) mass is 611 g/mol. The van der Waals surface area contributed by atoms with Crippen molar-refractivity contribution in [2.75, 3.05) is 47.4 Å². The molecule has 1 amide bonds. The fourth-order valence-electron chi connectivity index (χ4n) is 6.49. The summed E-state index contributed by atoms with van der Waals surface area (Å²) in [5.74, 6) is 3.10. The van der Waals surface area contributed by atoms with Crippen molar-refractivity contribution in [3.8, 4) is 11.5 Å². The van der Waals surface area contributed by atoms with Gasteiger partial charge in [-0.1, -0.05) is 13.8 Å². The van der Waals surface area contributed by atoms with Gasteiger partial charge in [-0.25, -0.2) is 0 Å². The number of carbonyl (C=O) groups excluding carboxylic acids is 1. The Labute approximate surface area is 259 Å². The zero-order valence-corrected chi connectivity index (χ0v) is 27.0. The van der Waals surface area contributed by atoms with Gasteiger partial charge in [0.25, 0.3) is 5.69 Å². The number of benzene rings is 2. The molecule has 5 rings (SSSR count). The molecule has 3 saturated heterocycles. The summed E-state index contributed by atoms with van der Waals surface area (Å²) in [6, 6.07) is 13.2. The van der Waals surface area contributed by atoms with Gasteiger partial charge in [0.05, 0.1) is 25.1 Å². The number of rotatable bonds is 8. The zero-order valence-electron chi connectivity index (χ0n) is 26.2. The molecule has 10 nitrogen and oxygen atoms in total. The van der Waals surface area contributed by atoms with E-state index in [4.69, 9.17) is 13.9 Å². The number of nitro groups is 1. The summed E-state index contributed by atoms with van der Waals surface area (Å²) >= 11 is 1.36. The molecule has 3 aliphatic heterocycles. The second-order valence-electron chi connectivity index (χ2n) is 11.2. The lowest BCUT2D eigenvalue weighted by molar-refractivity contribution is -0.384. The Hall–Kier alpha value is -3.31. The number of methoxy groups -OCH3 is 2. The van der Waals surface area contributed by atoms with Gasteiger partial charge in [-0.2, -0.15) is 4.40 Å². The third-order valence-electron chi connectivity index (χ3n) is 8.78. The first-order valence-corrected chi connectivity index (χ1v) is 16.0. The fraction of sp³-hybridized carbons (Fsp3) is 0.562. The van der Waals surface area contributed by atoms with Crippen LogP contribution in [0.5, 0.6) is 11.5 Å². The lowest BCUT2D eigenvalue weighted by atomic mass is 9.70. The smallest absolute Gasteiger partial charge is 0.269 e. The van der Waals surface area contributed by atoms with Crippen molar-refractivity contribution in [3.63, 3.8) is 0 Å². The van der Waals surface area contributed by atoms with Crippen LogP contribution in [0.15, 0.2) is 51.8 Å². The van der Waals surface area contributed by atoms with E-state index in [1.807, 2.05) is 24.8 Å². The van der Waals surface area contributed by atoms with Gasteiger partial charge < -0.3 is 24.2 Å². The number of ether oxygens (including phenoxy) is 2. The highest BCUT2D eigenvalue weighted by Crippen LogP contribution is 2.48. The largest absolute Gasteiger partial charge is 0.497 e. The average molecular weight is 612 g/mol. The molecule has 0 spiro atoms. The SMILES string of the molecule is CC.COc1cc(OC)cc(C2C(=NSc3ccc([N+](=O)[O-])cc3)N(C3CCN(C)CC3)C2C2CCN(C(C)=O)CC2)c1. The van der Waals surface area contributed by atoms with Crippen LogP contribution in [0.3, 0.4) is 0 Å². The van der Waals surface area contributed by atoms with Crippen LogP contribution < -0.4 is 9.47 Å². The Morgan fingerprint density at radius 3 is 2.05 bits per heavy atom. The van der Waals surface area contributed by atoms with Crippen molar-refractivity contribution in [1.29, 1.82) is 0 Å². The van der Waals surface area contributed by atoms with Crippen LogP contribution in [0.25, 0.3) is 0 Å². The maximum Gasteiger partial charge on any atom is 0.269 e. The highest BCUT2D eigenvalue weighted by atomic mass is 32.2. The predicted molar refractivity (Wildman–Crippen MR) is 171 cm³/mol. The van der Waals surface area contributed by atoms with Gasteiger partial charge in [0, 0.05) is 67.1 Å². The summed E-state index contributed by atoms with van der Waals surface area (Å²) in [6.07, 6.45) is 4.03. The van der Waals surface area contributed by atoms with E-state index >= 15 is 0 Å². The number of nitrogens with zero attached hydrogens (tertiary/aromatic N) is 5. The molecule has 0 radical (unpaired) electrons. The van der Waals surface area contributed by atoms with Gasteiger partial charge >= 0.3 is 0 Å². The molecule has 0 aromatic heterocycles. The first-order chi connectivity index (χ1) is 20.8. The summed E-state index contributed by atoms with van der Waals surface area (Å²) in [7, 11) is 5.50. The Kier molecular flexibility index (Phi) is 11.3. The second-order valence-corrected chi connectivity index (χ2v) is 12.0. The van der Waals surface area contributed by atoms with Gasteiger partial charge in [0.1, 0.15) is 17.3 Å². The third-order valence-corrected chi connectivity index (χ3v) is 9.54. The summed E-state index contributed by atoms with van der Waals surface area (Å²) in [6.45, 7) is 9.28. The molecule has 3 heterocycles. The van der Waals surface area contributed by atoms with Crippen molar-refractivity contribution in [3.05, 3.63) is 58.1 Å². The summed E-state index contributed by atoms with van der Waals surface area (Å²) in [5.41, 5.74) is 1.17. The molecule has 0 bridgehead atoms. The Morgan fingerprint density at radius 1 is 0.953 bits per heavy atom. The number of amidine groups is 1. The number of hydrogen-bond donors (Lipinski definition) is 0. The van der Waals surface area contributed by atoms with Crippen LogP contribution in [0, 0.1) is 16.0 Å². The standard InChI is InChI=1S/C30H39N5O5S.C2H6/c1-20(36)33-15-9-21(10-16-33)29-28(22-17-25(39-3)19-26(18-22)40-4)30(34(29)23-11-13-32(2)14-12-23)31-41-27-7-5-24(6-8-27)35(37)38;1-2/h5-8,17-19,21,23,28-29H,9-16H2,1-4H3;1-2H3. The topological polar surface area (TPSA) is 101 Å². The van der Waals surface area contributed by atoms with Gasteiger partial charge in [-0.3, -0.25) is 14.9 Å². The number of amides is 1. The maximum atomic E-state index is 12.1. The van der Waals surface area contributed by atoms with Crippen LogP contribution in [0.1, 0.15) is 57.9 Å². The first-order valence-electron chi connectivity index (χ1n) is 15.2.